The van der Waals surface area contributed by atoms with Gasteiger partial charge >= 0.3 is 6.03 Å². The van der Waals surface area contributed by atoms with Crippen LogP contribution in [-0.4, -0.2) is 16.2 Å². The SMILES string of the molecule is Nc1n[nH]c2ccc(NC(=O)NCc3ccc(F)c(F)c3)cc12. The van der Waals surface area contributed by atoms with Crippen LogP contribution >= 0.6 is 0 Å². The molecular weight excluding hydrogens is 304 g/mol. The minimum atomic E-state index is -0.953. The molecule has 0 bridgehead atoms. The third-order valence-electron chi connectivity index (χ3n) is 3.29. The molecule has 0 aliphatic carbocycles. The minimum absolute atomic E-state index is 0.0686. The number of amides is 2. The van der Waals surface area contributed by atoms with Crippen molar-refractivity contribution in [2.24, 2.45) is 0 Å². The Morgan fingerprint density at radius 2 is 2.00 bits per heavy atom. The lowest BCUT2D eigenvalue weighted by molar-refractivity contribution is 0.251. The standard InChI is InChI=1S/C15H13F2N5O/c16-11-3-1-8(5-12(11)17)7-19-15(23)20-9-2-4-13-10(6-9)14(18)22-21-13/h1-6H,7H2,(H3,18,21,22)(H2,19,20,23). The molecule has 3 rings (SSSR count). The summed E-state index contributed by atoms with van der Waals surface area (Å²) in [6, 6.07) is 8.09. The van der Waals surface area contributed by atoms with Gasteiger partial charge in [0.15, 0.2) is 17.5 Å². The summed E-state index contributed by atoms with van der Waals surface area (Å²) in [7, 11) is 0. The number of fused-ring (bicyclic) bond motifs is 1. The molecule has 0 atom stereocenters. The highest BCUT2D eigenvalue weighted by Gasteiger charge is 2.07. The number of aromatic nitrogens is 2. The van der Waals surface area contributed by atoms with Crippen LogP contribution in [0.15, 0.2) is 36.4 Å². The monoisotopic (exact) mass is 317 g/mol. The van der Waals surface area contributed by atoms with Crippen molar-refractivity contribution >= 4 is 28.4 Å². The number of anilines is 2. The molecule has 5 N–H and O–H groups in total. The van der Waals surface area contributed by atoms with E-state index in [1.807, 2.05) is 0 Å². The summed E-state index contributed by atoms with van der Waals surface area (Å²) in [5.41, 5.74) is 7.45. The predicted molar refractivity (Wildman–Crippen MR) is 82.7 cm³/mol. The third kappa shape index (κ3) is 3.20. The first-order valence-corrected chi connectivity index (χ1v) is 6.75. The highest BCUT2D eigenvalue weighted by Crippen LogP contribution is 2.21. The number of nitrogens with one attached hydrogen (secondary N) is 3. The Labute approximate surface area is 129 Å². The first-order valence-electron chi connectivity index (χ1n) is 6.75. The maximum Gasteiger partial charge on any atom is 0.319 e. The smallest absolute Gasteiger partial charge is 0.319 e. The number of carbonyl (C=O) groups excluding carboxylic acids is 1. The molecule has 0 saturated carbocycles. The molecule has 6 nitrogen and oxygen atoms in total. The zero-order valence-corrected chi connectivity index (χ0v) is 11.9. The van der Waals surface area contributed by atoms with Crippen LogP contribution < -0.4 is 16.4 Å². The lowest BCUT2D eigenvalue weighted by Gasteiger charge is -2.08. The van der Waals surface area contributed by atoms with Gasteiger partial charge in [-0.3, -0.25) is 5.10 Å². The fraction of sp³-hybridized carbons (Fsp3) is 0.0667. The average molecular weight is 317 g/mol. The molecule has 23 heavy (non-hydrogen) atoms. The fourth-order valence-electron chi connectivity index (χ4n) is 2.12. The third-order valence-corrected chi connectivity index (χ3v) is 3.29. The van der Waals surface area contributed by atoms with E-state index >= 15 is 0 Å². The van der Waals surface area contributed by atoms with E-state index in [1.165, 1.54) is 6.07 Å². The molecule has 0 aliphatic heterocycles. The number of rotatable bonds is 3. The Morgan fingerprint density at radius 1 is 1.17 bits per heavy atom. The lowest BCUT2D eigenvalue weighted by atomic mass is 10.2. The van der Waals surface area contributed by atoms with Crippen molar-refractivity contribution in [3.63, 3.8) is 0 Å². The van der Waals surface area contributed by atoms with Crippen LogP contribution in [0.4, 0.5) is 25.1 Å². The van der Waals surface area contributed by atoms with Crippen LogP contribution in [0.25, 0.3) is 10.9 Å². The van der Waals surface area contributed by atoms with Gasteiger partial charge in [0.05, 0.1) is 5.52 Å². The number of hydrogen-bond donors (Lipinski definition) is 4. The Kier molecular flexibility index (Phi) is 3.80. The highest BCUT2D eigenvalue weighted by molar-refractivity contribution is 5.95. The van der Waals surface area contributed by atoms with Gasteiger partial charge in [-0.2, -0.15) is 5.10 Å². The predicted octanol–water partition coefficient (Wildman–Crippen LogP) is 2.75. The van der Waals surface area contributed by atoms with Gasteiger partial charge in [0.1, 0.15) is 0 Å². The number of benzene rings is 2. The number of nitrogen functional groups attached to an aromatic ring is 1. The maximum absolute atomic E-state index is 13.1. The van der Waals surface area contributed by atoms with Crippen LogP contribution in [-0.2, 0) is 6.54 Å². The molecule has 0 spiro atoms. The normalized spacial score (nSPS) is 10.7. The molecule has 8 heteroatoms. The van der Waals surface area contributed by atoms with Crippen molar-refractivity contribution in [2.45, 2.75) is 6.54 Å². The Balaban J connectivity index is 1.63. The first kappa shape index (κ1) is 14.8. The molecule has 1 heterocycles. The molecule has 0 aliphatic rings. The largest absolute Gasteiger partial charge is 0.382 e. The van der Waals surface area contributed by atoms with E-state index in [0.29, 0.717) is 22.5 Å². The van der Waals surface area contributed by atoms with Gasteiger partial charge in [-0.15, -0.1) is 0 Å². The van der Waals surface area contributed by atoms with Gasteiger partial charge in [0.25, 0.3) is 0 Å². The summed E-state index contributed by atoms with van der Waals surface area (Å²) < 4.78 is 25.9. The van der Waals surface area contributed by atoms with E-state index in [0.717, 1.165) is 17.6 Å². The number of hydrogen-bond acceptors (Lipinski definition) is 3. The molecule has 2 aromatic carbocycles. The topological polar surface area (TPSA) is 95.8 Å². The molecular formula is C15H13F2N5O. The van der Waals surface area contributed by atoms with Gasteiger partial charge < -0.3 is 16.4 Å². The molecule has 0 saturated heterocycles. The zero-order valence-electron chi connectivity index (χ0n) is 11.9. The minimum Gasteiger partial charge on any atom is -0.382 e. The molecule has 0 radical (unpaired) electrons. The van der Waals surface area contributed by atoms with Gasteiger partial charge in [-0.05, 0) is 35.9 Å². The van der Waals surface area contributed by atoms with Crippen LogP contribution in [0, 0.1) is 11.6 Å². The van der Waals surface area contributed by atoms with Gasteiger partial charge in [0.2, 0.25) is 0 Å². The number of H-pyrrole nitrogens is 1. The van der Waals surface area contributed by atoms with Crippen molar-refractivity contribution < 1.29 is 13.6 Å². The van der Waals surface area contributed by atoms with Gasteiger partial charge in [0, 0.05) is 17.6 Å². The Morgan fingerprint density at radius 3 is 2.78 bits per heavy atom. The summed E-state index contributed by atoms with van der Waals surface area (Å²) >= 11 is 0. The number of nitrogens with zero attached hydrogens (tertiary/aromatic N) is 1. The van der Waals surface area contributed by atoms with Crippen LogP contribution in [0.1, 0.15) is 5.56 Å². The quantitative estimate of drug-likeness (QED) is 0.598. The van der Waals surface area contributed by atoms with Crippen molar-refractivity contribution in [2.75, 3.05) is 11.1 Å². The Hall–Kier alpha value is -3.16. The van der Waals surface area contributed by atoms with Gasteiger partial charge in [-0.25, -0.2) is 13.6 Å². The molecule has 0 fully saturated rings. The summed E-state index contributed by atoms with van der Waals surface area (Å²) in [6.45, 7) is 0.0686. The highest BCUT2D eigenvalue weighted by atomic mass is 19.2. The van der Waals surface area contributed by atoms with Crippen molar-refractivity contribution in [1.82, 2.24) is 15.5 Å². The molecule has 118 valence electrons. The van der Waals surface area contributed by atoms with E-state index in [-0.39, 0.29) is 6.54 Å². The van der Waals surface area contributed by atoms with E-state index in [2.05, 4.69) is 20.8 Å². The molecule has 1 aromatic heterocycles. The van der Waals surface area contributed by atoms with E-state index in [4.69, 9.17) is 5.73 Å². The lowest BCUT2D eigenvalue weighted by Crippen LogP contribution is -2.28. The Bertz CT molecular complexity index is 877. The van der Waals surface area contributed by atoms with Crippen molar-refractivity contribution in [3.05, 3.63) is 53.6 Å². The second kappa shape index (κ2) is 5.91. The van der Waals surface area contributed by atoms with E-state index < -0.39 is 17.7 Å². The molecule has 0 unspecified atom stereocenters. The van der Waals surface area contributed by atoms with E-state index in [9.17, 15) is 13.6 Å². The van der Waals surface area contributed by atoms with Crippen LogP contribution in [0.3, 0.4) is 0 Å². The number of halogens is 2. The maximum atomic E-state index is 13.1. The number of urea groups is 1. The second-order valence-electron chi connectivity index (χ2n) is 4.93. The van der Waals surface area contributed by atoms with Crippen molar-refractivity contribution in [1.29, 1.82) is 0 Å². The van der Waals surface area contributed by atoms with E-state index in [1.54, 1.807) is 18.2 Å². The zero-order chi connectivity index (χ0) is 16.4. The number of aromatic amines is 1. The molecule has 3 aromatic rings. The van der Waals surface area contributed by atoms with Crippen molar-refractivity contribution in [3.8, 4) is 0 Å². The van der Waals surface area contributed by atoms with Gasteiger partial charge in [-0.1, -0.05) is 6.07 Å². The average Bonchev–Trinajstić information content (AvgIpc) is 2.90. The summed E-state index contributed by atoms with van der Waals surface area (Å²) in [5.74, 6) is -1.54. The number of carbonyl (C=O) groups is 1. The fourth-order valence-corrected chi connectivity index (χ4v) is 2.12. The number of nitrogens with two attached hydrogens (primary N) is 1. The summed E-state index contributed by atoms with van der Waals surface area (Å²) in [6.07, 6.45) is 0. The van der Waals surface area contributed by atoms with Crippen LogP contribution in [0.5, 0.6) is 0 Å². The summed E-state index contributed by atoms with van der Waals surface area (Å²) in [5, 5.41) is 12.5. The first-order chi connectivity index (χ1) is 11.0. The second-order valence-corrected chi connectivity index (χ2v) is 4.93. The van der Waals surface area contributed by atoms with Crippen LogP contribution in [0.2, 0.25) is 0 Å². The molecule has 2 amide bonds. The summed E-state index contributed by atoms with van der Waals surface area (Å²) in [4.78, 5) is 11.9.